The monoisotopic (exact) mass is 357 g/mol. The molecule has 3 rings (SSSR count). The smallest absolute Gasteiger partial charge is 0.225 e. The number of para-hydroxylation sites is 1. The summed E-state index contributed by atoms with van der Waals surface area (Å²) < 4.78 is 0. The molecule has 142 valence electrons. The van der Waals surface area contributed by atoms with E-state index in [0.29, 0.717) is 5.91 Å². The van der Waals surface area contributed by atoms with Gasteiger partial charge >= 0.3 is 0 Å². The quantitative estimate of drug-likeness (QED) is 0.901. The number of hydrogen-bond acceptors (Lipinski definition) is 3. The van der Waals surface area contributed by atoms with E-state index >= 15 is 0 Å². The van der Waals surface area contributed by atoms with E-state index in [1.807, 2.05) is 24.8 Å². The average Bonchev–Trinajstić information content (AvgIpc) is 2.68. The van der Waals surface area contributed by atoms with E-state index in [1.54, 1.807) is 0 Å². The van der Waals surface area contributed by atoms with Crippen LogP contribution in [0.2, 0.25) is 0 Å². The molecule has 0 radical (unpaired) electrons. The third kappa shape index (κ3) is 4.57. The van der Waals surface area contributed by atoms with E-state index in [4.69, 9.17) is 0 Å². The number of benzene rings is 1. The number of amides is 2. The molecule has 26 heavy (non-hydrogen) atoms. The molecule has 5 nitrogen and oxygen atoms in total. The molecule has 1 aliphatic heterocycles. The molecule has 0 spiro atoms. The van der Waals surface area contributed by atoms with E-state index in [-0.39, 0.29) is 23.8 Å². The highest BCUT2D eigenvalue weighted by molar-refractivity contribution is 5.81. The highest BCUT2D eigenvalue weighted by Crippen LogP contribution is 2.30. The Morgan fingerprint density at radius 1 is 0.923 bits per heavy atom. The normalized spacial score (nSPS) is 23.8. The molecule has 5 heteroatoms. The number of anilines is 1. The van der Waals surface area contributed by atoms with Crippen LogP contribution < -0.4 is 10.2 Å². The van der Waals surface area contributed by atoms with Gasteiger partial charge in [0, 0.05) is 49.7 Å². The van der Waals surface area contributed by atoms with Crippen molar-refractivity contribution in [2.24, 2.45) is 11.8 Å². The maximum absolute atomic E-state index is 12.9. The molecule has 0 bridgehead atoms. The van der Waals surface area contributed by atoms with Gasteiger partial charge in [-0.1, -0.05) is 18.2 Å². The third-order valence-electron chi connectivity index (χ3n) is 5.59. The number of carbonyl (C=O) groups is 2. The van der Waals surface area contributed by atoms with Crippen LogP contribution in [0.25, 0.3) is 0 Å². The Bertz CT molecular complexity index is 601. The summed E-state index contributed by atoms with van der Waals surface area (Å²) in [6, 6.07) is 10.6. The second-order valence-corrected chi connectivity index (χ2v) is 7.86. The minimum Gasteiger partial charge on any atom is -0.368 e. The van der Waals surface area contributed by atoms with Crippen molar-refractivity contribution in [2.45, 2.75) is 45.6 Å². The second kappa shape index (κ2) is 8.56. The fourth-order valence-electron chi connectivity index (χ4n) is 4.09. The van der Waals surface area contributed by atoms with Gasteiger partial charge in [0.15, 0.2) is 0 Å². The molecule has 1 saturated heterocycles. The van der Waals surface area contributed by atoms with Crippen LogP contribution in [0.5, 0.6) is 0 Å². The third-order valence-corrected chi connectivity index (χ3v) is 5.59. The van der Waals surface area contributed by atoms with E-state index < -0.39 is 0 Å². The lowest BCUT2D eigenvalue weighted by Crippen LogP contribution is -2.51. The summed E-state index contributed by atoms with van der Waals surface area (Å²) in [6.07, 6.45) is 3.35. The predicted octanol–water partition coefficient (Wildman–Crippen LogP) is 2.67. The summed E-state index contributed by atoms with van der Waals surface area (Å²) in [5.41, 5.74) is 1.23. The molecule has 2 aliphatic rings. The van der Waals surface area contributed by atoms with Crippen LogP contribution in [0.4, 0.5) is 5.69 Å². The molecule has 0 atom stereocenters. The molecular weight excluding hydrogens is 326 g/mol. The van der Waals surface area contributed by atoms with Crippen LogP contribution >= 0.6 is 0 Å². The fourth-order valence-corrected chi connectivity index (χ4v) is 4.09. The van der Waals surface area contributed by atoms with E-state index in [9.17, 15) is 9.59 Å². The Labute approximate surface area is 156 Å². The first kappa shape index (κ1) is 18.7. The largest absolute Gasteiger partial charge is 0.368 e. The molecule has 1 heterocycles. The lowest BCUT2D eigenvalue weighted by molar-refractivity contribution is -0.138. The maximum Gasteiger partial charge on any atom is 0.225 e. The molecule has 0 unspecified atom stereocenters. The molecule has 1 aromatic rings. The SMILES string of the molecule is CC(C)NC(=O)C1CCC(C(=O)N2CCN(c3ccccc3)CC2)CC1. The first-order valence-electron chi connectivity index (χ1n) is 9.93. The highest BCUT2D eigenvalue weighted by atomic mass is 16.2. The number of carbonyl (C=O) groups excluding carboxylic acids is 2. The first-order chi connectivity index (χ1) is 12.5. The van der Waals surface area contributed by atoms with Crippen LogP contribution in [-0.2, 0) is 9.59 Å². The minimum atomic E-state index is 0.0800. The Morgan fingerprint density at radius 2 is 1.50 bits per heavy atom. The summed E-state index contributed by atoms with van der Waals surface area (Å²) >= 11 is 0. The summed E-state index contributed by atoms with van der Waals surface area (Å²) in [6.45, 7) is 7.34. The standard InChI is InChI=1S/C21H31N3O2/c1-16(2)22-20(25)17-8-10-18(11-9-17)21(26)24-14-12-23(13-15-24)19-6-4-3-5-7-19/h3-7,16-18H,8-15H2,1-2H3,(H,22,25). The van der Waals surface area contributed by atoms with E-state index in [1.165, 1.54) is 5.69 Å². The van der Waals surface area contributed by atoms with Gasteiger partial charge in [0.05, 0.1) is 0 Å². The summed E-state index contributed by atoms with van der Waals surface area (Å²) in [4.78, 5) is 29.4. The molecule has 0 aromatic heterocycles. The first-order valence-corrected chi connectivity index (χ1v) is 9.93. The van der Waals surface area contributed by atoms with Crippen molar-refractivity contribution in [3.05, 3.63) is 30.3 Å². The average molecular weight is 357 g/mol. The second-order valence-electron chi connectivity index (χ2n) is 7.86. The molecular formula is C21H31N3O2. The topological polar surface area (TPSA) is 52.7 Å². The Kier molecular flexibility index (Phi) is 6.17. The molecule has 2 fully saturated rings. The van der Waals surface area contributed by atoms with Gasteiger partial charge in [0.1, 0.15) is 0 Å². The fraction of sp³-hybridized carbons (Fsp3) is 0.619. The molecule has 1 aliphatic carbocycles. The van der Waals surface area contributed by atoms with Gasteiger partial charge in [0.25, 0.3) is 0 Å². The summed E-state index contributed by atoms with van der Waals surface area (Å²) in [7, 11) is 0. The maximum atomic E-state index is 12.9. The lowest BCUT2D eigenvalue weighted by Gasteiger charge is -2.38. The molecule has 1 aromatic carbocycles. The molecule has 2 amide bonds. The number of hydrogen-bond donors (Lipinski definition) is 1. The van der Waals surface area contributed by atoms with Crippen molar-refractivity contribution in [2.75, 3.05) is 31.1 Å². The van der Waals surface area contributed by atoms with Crippen molar-refractivity contribution < 1.29 is 9.59 Å². The lowest BCUT2D eigenvalue weighted by atomic mass is 9.80. The number of piperazine rings is 1. The van der Waals surface area contributed by atoms with E-state index in [0.717, 1.165) is 51.9 Å². The Morgan fingerprint density at radius 3 is 2.08 bits per heavy atom. The van der Waals surface area contributed by atoms with Gasteiger partial charge < -0.3 is 15.1 Å². The number of nitrogens with one attached hydrogen (secondary N) is 1. The van der Waals surface area contributed by atoms with Crippen molar-refractivity contribution >= 4 is 17.5 Å². The van der Waals surface area contributed by atoms with Crippen LogP contribution in [0, 0.1) is 11.8 Å². The van der Waals surface area contributed by atoms with Gasteiger partial charge in [-0.05, 0) is 51.7 Å². The Balaban J connectivity index is 1.45. The highest BCUT2D eigenvalue weighted by Gasteiger charge is 2.33. The minimum absolute atomic E-state index is 0.0800. The van der Waals surface area contributed by atoms with Crippen LogP contribution in [0.15, 0.2) is 30.3 Å². The Hall–Kier alpha value is -2.04. The zero-order chi connectivity index (χ0) is 18.5. The van der Waals surface area contributed by atoms with Crippen molar-refractivity contribution in [1.82, 2.24) is 10.2 Å². The van der Waals surface area contributed by atoms with Gasteiger partial charge in [0.2, 0.25) is 11.8 Å². The van der Waals surface area contributed by atoms with Gasteiger partial charge in [-0.3, -0.25) is 9.59 Å². The summed E-state index contributed by atoms with van der Waals surface area (Å²) in [5.74, 6) is 0.626. The number of nitrogens with zero attached hydrogens (tertiary/aromatic N) is 2. The van der Waals surface area contributed by atoms with Crippen LogP contribution in [-0.4, -0.2) is 48.9 Å². The van der Waals surface area contributed by atoms with Gasteiger partial charge in [-0.15, -0.1) is 0 Å². The molecule has 1 N–H and O–H groups in total. The van der Waals surface area contributed by atoms with E-state index in [2.05, 4.69) is 34.5 Å². The van der Waals surface area contributed by atoms with Crippen LogP contribution in [0.1, 0.15) is 39.5 Å². The summed E-state index contributed by atoms with van der Waals surface area (Å²) in [5, 5.41) is 3.00. The van der Waals surface area contributed by atoms with Crippen molar-refractivity contribution in [3.8, 4) is 0 Å². The predicted molar refractivity (Wildman–Crippen MR) is 104 cm³/mol. The zero-order valence-corrected chi connectivity index (χ0v) is 16.0. The van der Waals surface area contributed by atoms with Crippen molar-refractivity contribution in [3.63, 3.8) is 0 Å². The molecule has 1 saturated carbocycles. The van der Waals surface area contributed by atoms with Crippen molar-refractivity contribution in [1.29, 1.82) is 0 Å². The van der Waals surface area contributed by atoms with Crippen LogP contribution in [0.3, 0.4) is 0 Å². The van der Waals surface area contributed by atoms with Gasteiger partial charge in [-0.25, -0.2) is 0 Å². The number of rotatable bonds is 4. The van der Waals surface area contributed by atoms with Gasteiger partial charge in [-0.2, -0.15) is 0 Å². The zero-order valence-electron chi connectivity index (χ0n) is 16.0.